The number of likely N-dealkylation sites (N-methyl/N-ethyl adjacent to an activating group) is 1. The lowest BCUT2D eigenvalue weighted by Gasteiger charge is -2.32. The second-order valence-electron chi connectivity index (χ2n) is 9.47. The van der Waals surface area contributed by atoms with Gasteiger partial charge in [-0.05, 0) is 18.7 Å². The Labute approximate surface area is 211 Å². The average Bonchev–Trinajstić information content (AvgIpc) is 2.91. The molecule has 0 aliphatic carbocycles. The number of carbonyl (C=O) groups is 1. The molecule has 9 heteroatoms. The predicted octanol–water partition coefficient (Wildman–Crippen LogP) is 2.13. The highest BCUT2D eigenvalue weighted by Gasteiger charge is 2.20. The molecule has 2 N–H and O–H groups in total. The van der Waals surface area contributed by atoms with Gasteiger partial charge < -0.3 is 20.3 Å². The maximum atomic E-state index is 13.3. The summed E-state index contributed by atoms with van der Waals surface area (Å²) in [6, 6.07) is 10.3. The number of anilines is 2. The molecule has 3 aromatic rings. The Morgan fingerprint density at radius 1 is 1.00 bits per heavy atom. The highest BCUT2D eigenvalue weighted by Crippen LogP contribution is 2.24. The summed E-state index contributed by atoms with van der Waals surface area (Å²) in [4.78, 5) is 33.5. The number of Topliss-reactive ketones (excluding diaryl/α,β-unsaturated/α-hetero) is 1. The molecule has 2 aromatic heterocycles. The minimum absolute atomic E-state index is 0.146. The topological polar surface area (TPSA) is 101 Å². The average molecular weight is 488 g/mol. The first-order valence-corrected chi connectivity index (χ1v) is 12.5. The van der Waals surface area contributed by atoms with Crippen molar-refractivity contribution in [3.8, 4) is 11.3 Å². The number of nitrogens with two attached hydrogens (primary N) is 1. The molecule has 4 heterocycles. The summed E-state index contributed by atoms with van der Waals surface area (Å²) in [5, 5.41) is 0. The zero-order chi connectivity index (χ0) is 24.9. The van der Waals surface area contributed by atoms with Gasteiger partial charge in [0.2, 0.25) is 0 Å². The zero-order valence-electron chi connectivity index (χ0n) is 20.8. The van der Waals surface area contributed by atoms with Crippen molar-refractivity contribution < 1.29 is 9.53 Å². The number of nitrogen functional groups attached to an aromatic ring is 1. The number of hydrogen-bond donors (Lipinski definition) is 1. The number of morpholine rings is 1. The molecule has 1 aromatic carbocycles. The van der Waals surface area contributed by atoms with Crippen LogP contribution >= 0.6 is 0 Å². The van der Waals surface area contributed by atoms with Gasteiger partial charge in [-0.3, -0.25) is 14.7 Å². The number of carbonyl (C=O) groups excluding carboxylic acids is 1. The Morgan fingerprint density at radius 3 is 2.50 bits per heavy atom. The summed E-state index contributed by atoms with van der Waals surface area (Å²) in [7, 11) is 2.17. The summed E-state index contributed by atoms with van der Waals surface area (Å²) in [5.41, 5.74) is 11.0. The van der Waals surface area contributed by atoms with E-state index in [9.17, 15) is 4.79 Å². The lowest BCUT2D eigenvalue weighted by molar-refractivity contribution is 0.0988. The molecule has 0 saturated carbocycles. The fourth-order valence-electron chi connectivity index (χ4n) is 4.71. The van der Waals surface area contributed by atoms with Crippen molar-refractivity contribution in [1.29, 1.82) is 0 Å². The van der Waals surface area contributed by atoms with Gasteiger partial charge in [-0.2, -0.15) is 0 Å². The monoisotopic (exact) mass is 487 g/mol. The molecule has 0 spiro atoms. The largest absolute Gasteiger partial charge is 0.382 e. The molecule has 2 saturated heterocycles. The van der Waals surface area contributed by atoms with Crippen molar-refractivity contribution in [3.05, 3.63) is 65.7 Å². The number of hydrogen-bond acceptors (Lipinski definition) is 9. The summed E-state index contributed by atoms with van der Waals surface area (Å²) < 4.78 is 5.47. The Morgan fingerprint density at radius 2 is 1.75 bits per heavy atom. The fourth-order valence-corrected chi connectivity index (χ4v) is 4.71. The highest BCUT2D eigenvalue weighted by molar-refractivity contribution is 6.00. The second kappa shape index (κ2) is 11.1. The van der Waals surface area contributed by atoms with Gasteiger partial charge in [-0.1, -0.05) is 24.3 Å². The predicted molar refractivity (Wildman–Crippen MR) is 140 cm³/mol. The molecule has 9 nitrogen and oxygen atoms in total. The van der Waals surface area contributed by atoms with Crippen LogP contribution in [0.15, 0.2) is 48.9 Å². The van der Waals surface area contributed by atoms with Gasteiger partial charge in [0.1, 0.15) is 5.69 Å². The van der Waals surface area contributed by atoms with Crippen LogP contribution in [0.4, 0.5) is 11.5 Å². The van der Waals surface area contributed by atoms with Crippen molar-refractivity contribution >= 4 is 17.3 Å². The van der Waals surface area contributed by atoms with Crippen LogP contribution < -0.4 is 10.6 Å². The first-order chi connectivity index (χ1) is 17.6. The number of nitrogens with zero attached hydrogens (tertiary/aromatic N) is 6. The van der Waals surface area contributed by atoms with Gasteiger partial charge in [0.05, 0.1) is 25.1 Å². The van der Waals surface area contributed by atoms with Crippen LogP contribution in [0.1, 0.15) is 21.6 Å². The lowest BCUT2D eigenvalue weighted by atomic mass is 10.0. The molecule has 2 fully saturated rings. The molecule has 2 aliphatic heterocycles. The molecule has 0 atom stereocenters. The number of pyridine rings is 1. The number of piperazine rings is 1. The minimum atomic E-state index is -0.170. The molecule has 0 radical (unpaired) electrons. The van der Waals surface area contributed by atoms with Crippen LogP contribution in [0.5, 0.6) is 0 Å². The standard InChI is InChI=1S/C27H33N7O2/c1-32-8-10-33(11-9-32)19-20-2-4-21(5-3-20)23-18-30-27(28)26(31-23)25(35)16-22-17-29-7-6-24(22)34-12-14-36-15-13-34/h2-7,17-18H,8-16,19H2,1H3,(H2,28,30). The first-order valence-electron chi connectivity index (χ1n) is 12.5. The summed E-state index contributed by atoms with van der Waals surface area (Å²) in [6.45, 7) is 8.21. The van der Waals surface area contributed by atoms with E-state index in [0.29, 0.717) is 18.9 Å². The van der Waals surface area contributed by atoms with Crippen molar-refractivity contribution in [2.24, 2.45) is 0 Å². The van der Waals surface area contributed by atoms with E-state index in [2.05, 4.69) is 48.8 Å². The third-order valence-corrected chi connectivity index (χ3v) is 6.90. The van der Waals surface area contributed by atoms with E-state index in [4.69, 9.17) is 10.5 Å². The van der Waals surface area contributed by atoms with Crippen molar-refractivity contribution in [1.82, 2.24) is 24.8 Å². The van der Waals surface area contributed by atoms with Gasteiger partial charge in [0.15, 0.2) is 11.6 Å². The van der Waals surface area contributed by atoms with E-state index in [1.165, 1.54) is 5.56 Å². The smallest absolute Gasteiger partial charge is 0.189 e. The minimum Gasteiger partial charge on any atom is -0.382 e. The molecule has 0 unspecified atom stereocenters. The van der Waals surface area contributed by atoms with Gasteiger partial charge in [-0.25, -0.2) is 9.97 Å². The van der Waals surface area contributed by atoms with Crippen LogP contribution in [0.2, 0.25) is 0 Å². The van der Waals surface area contributed by atoms with Crippen LogP contribution in [0.25, 0.3) is 11.3 Å². The molecule has 36 heavy (non-hydrogen) atoms. The molecule has 0 bridgehead atoms. The molecule has 5 rings (SSSR count). The zero-order valence-corrected chi connectivity index (χ0v) is 20.8. The SMILES string of the molecule is CN1CCN(Cc2ccc(-c3cnc(N)c(C(=O)Cc4cnccc4N4CCOCC4)n3)cc2)CC1. The Balaban J connectivity index is 1.30. The van der Waals surface area contributed by atoms with E-state index in [-0.39, 0.29) is 23.7 Å². The molecule has 2 aliphatic rings. The van der Waals surface area contributed by atoms with E-state index in [0.717, 1.165) is 62.6 Å². The fraction of sp³-hybridized carbons (Fsp3) is 0.407. The normalized spacial score (nSPS) is 17.3. The Hall–Kier alpha value is -3.40. The summed E-state index contributed by atoms with van der Waals surface area (Å²) in [6.07, 6.45) is 5.29. The third kappa shape index (κ3) is 5.70. The van der Waals surface area contributed by atoms with E-state index in [1.807, 2.05) is 18.2 Å². The quantitative estimate of drug-likeness (QED) is 0.502. The number of benzene rings is 1. The van der Waals surface area contributed by atoms with Crippen LogP contribution in [-0.2, 0) is 17.7 Å². The van der Waals surface area contributed by atoms with E-state index < -0.39 is 0 Å². The molecule has 0 amide bonds. The first kappa shape index (κ1) is 24.3. The number of rotatable bonds is 7. The van der Waals surface area contributed by atoms with Crippen molar-refractivity contribution in [2.75, 3.05) is 70.2 Å². The Kier molecular flexibility index (Phi) is 7.50. The lowest BCUT2D eigenvalue weighted by Crippen LogP contribution is -2.43. The van der Waals surface area contributed by atoms with Crippen LogP contribution in [0, 0.1) is 0 Å². The third-order valence-electron chi connectivity index (χ3n) is 6.90. The maximum absolute atomic E-state index is 13.3. The highest BCUT2D eigenvalue weighted by atomic mass is 16.5. The van der Waals surface area contributed by atoms with Crippen LogP contribution in [-0.4, -0.2) is 90.1 Å². The second-order valence-corrected chi connectivity index (χ2v) is 9.47. The number of ether oxygens (including phenoxy) is 1. The van der Waals surface area contributed by atoms with Crippen molar-refractivity contribution in [2.45, 2.75) is 13.0 Å². The van der Waals surface area contributed by atoms with Crippen molar-refractivity contribution in [3.63, 3.8) is 0 Å². The summed E-state index contributed by atoms with van der Waals surface area (Å²) >= 11 is 0. The molecule has 188 valence electrons. The van der Waals surface area contributed by atoms with Gasteiger partial charge >= 0.3 is 0 Å². The maximum Gasteiger partial charge on any atom is 0.189 e. The van der Waals surface area contributed by atoms with E-state index >= 15 is 0 Å². The van der Waals surface area contributed by atoms with Gasteiger partial charge in [0, 0.05) is 81.4 Å². The number of aromatic nitrogens is 3. The van der Waals surface area contributed by atoms with Gasteiger partial charge in [-0.15, -0.1) is 0 Å². The van der Waals surface area contributed by atoms with Gasteiger partial charge in [0.25, 0.3) is 0 Å². The number of ketones is 1. The van der Waals surface area contributed by atoms with Crippen LogP contribution in [0.3, 0.4) is 0 Å². The molecular formula is C27H33N7O2. The molecular weight excluding hydrogens is 454 g/mol. The van der Waals surface area contributed by atoms with E-state index in [1.54, 1.807) is 18.6 Å². The Bertz CT molecular complexity index is 1190. The summed E-state index contributed by atoms with van der Waals surface area (Å²) in [5.74, 6) is -0.0247.